The Hall–Kier alpha value is -2.54. The largest absolute Gasteiger partial charge is 0.493 e. The molecule has 1 N–H and O–H groups in total. The van der Waals surface area contributed by atoms with Crippen LogP contribution in [0.5, 0.6) is 17.4 Å². The quantitative estimate of drug-likeness (QED) is 0.425. The fraction of sp³-hybridized carbons (Fsp3) is 0.227. The van der Waals surface area contributed by atoms with Crippen LogP contribution in [0.25, 0.3) is 0 Å². The molecule has 0 radical (unpaired) electrons. The highest BCUT2D eigenvalue weighted by Gasteiger charge is 2.15. The third-order valence-corrected chi connectivity index (χ3v) is 4.84. The van der Waals surface area contributed by atoms with Crippen molar-refractivity contribution < 1.29 is 18.6 Å². The van der Waals surface area contributed by atoms with Gasteiger partial charge in [0.25, 0.3) is 0 Å². The van der Waals surface area contributed by atoms with Gasteiger partial charge in [0.2, 0.25) is 5.88 Å². The van der Waals surface area contributed by atoms with Crippen molar-refractivity contribution in [2.24, 2.45) is 0 Å². The Morgan fingerprint density at radius 2 is 1.90 bits per heavy atom. The number of benzene rings is 2. The molecule has 158 valence electrons. The van der Waals surface area contributed by atoms with Crippen LogP contribution in [-0.2, 0) is 13.2 Å². The van der Waals surface area contributed by atoms with E-state index in [1.54, 1.807) is 24.4 Å². The minimum atomic E-state index is -0.439. The number of hydrogen-bond donors (Lipinski definition) is 1. The average molecular weight is 451 g/mol. The van der Waals surface area contributed by atoms with Crippen molar-refractivity contribution in [2.45, 2.75) is 13.2 Å². The lowest BCUT2D eigenvalue weighted by Gasteiger charge is -2.15. The van der Waals surface area contributed by atoms with Crippen LogP contribution in [0.15, 0.2) is 54.7 Å². The molecule has 0 amide bonds. The summed E-state index contributed by atoms with van der Waals surface area (Å²) in [7, 11) is 1.52. The molecule has 0 saturated carbocycles. The van der Waals surface area contributed by atoms with Crippen LogP contribution in [0.2, 0.25) is 10.0 Å². The maximum atomic E-state index is 14.0. The second-order valence-electron chi connectivity index (χ2n) is 6.29. The van der Waals surface area contributed by atoms with Crippen LogP contribution in [-0.4, -0.2) is 25.2 Å². The van der Waals surface area contributed by atoms with E-state index >= 15 is 0 Å². The van der Waals surface area contributed by atoms with Gasteiger partial charge in [-0.2, -0.15) is 0 Å². The van der Waals surface area contributed by atoms with Crippen LogP contribution in [0, 0.1) is 5.82 Å². The molecule has 0 aliphatic heterocycles. The van der Waals surface area contributed by atoms with E-state index in [4.69, 9.17) is 37.4 Å². The van der Waals surface area contributed by atoms with Crippen LogP contribution in [0.4, 0.5) is 4.39 Å². The summed E-state index contributed by atoms with van der Waals surface area (Å²) in [6, 6.07) is 13.6. The summed E-state index contributed by atoms with van der Waals surface area (Å²) in [5.41, 5.74) is 1.17. The Labute approximate surface area is 184 Å². The number of pyridine rings is 1. The monoisotopic (exact) mass is 450 g/mol. The zero-order valence-electron chi connectivity index (χ0n) is 16.3. The van der Waals surface area contributed by atoms with Gasteiger partial charge in [0.15, 0.2) is 11.5 Å². The molecular weight excluding hydrogens is 430 g/mol. The lowest BCUT2D eigenvalue weighted by Crippen LogP contribution is -2.20. The van der Waals surface area contributed by atoms with E-state index in [0.717, 1.165) is 5.56 Å². The van der Waals surface area contributed by atoms with Gasteiger partial charge in [-0.3, -0.25) is 0 Å². The fourth-order valence-electron chi connectivity index (χ4n) is 2.72. The second-order valence-corrected chi connectivity index (χ2v) is 7.11. The maximum Gasteiger partial charge on any atom is 0.213 e. The molecule has 0 saturated heterocycles. The standard InChI is InChI=1S/C22H21Cl2FN2O3/c1-28-20-12-15(13-26-9-10-29-21-7-2-3-8-27-21)11-18(24)22(20)30-14-16-17(23)5-4-6-19(16)25/h2-8,11-12,26H,9-10,13-14H2,1H3. The Morgan fingerprint density at radius 3 is 2.63 bits per heavy atom. The highest BCUT2D eigenvalue weighted by molar-refractivity contribution is 6.32. The molecule has 0 fully saturated rings. The third-order valence-electron chi connectivity index (χ3n) is 4.21. The van der Waals surface area contributed by atoms with Crippen molar-refractivity contribution in [3.05, 3.63) is 81.7 Å². The first-order chi connectivity index (χ1) is 14.6. The normalized spacial score (nSPS) is 10.7. The number of ether oxygens (including phenoxy) is 3. The molecule has 30 heavy (non-hydrogen) atoms. The van der Waals surface area contributed by atoms with Gasteiger partial charge < -0.3 is 19.5 Å². The van der Waals surface area contributed by atoms with Crippen LogP contribution >= 0.6 is 23.2 Å². The first kappa shape index (κ1) is 22.2. The third kappa shape index (κ3) is 5.98. The van der Waals surface area contributed by atoms with Gasteiger partial charge in [-0.1, -0.05) is 35.3 Å². The molecule has 5 nitrogen and oxygen atoms in total. The van der Waals surface area contributed by atoms with Gasteiger partial charge in [-0.25, -0.2) is 9.37 Å². The lowest BCUT2D eigenvalue weighted by atomic mass is 10.2. The summed E-state index contributed by atoms with van der Waals surface area (Å²) in [6.07, 6.45) is 1.68. The van der Waals surface area contributed by atoms with Crippen LogP contribution in [0.1, 0.15) is 11.1 Å². The van der Waals surface area contributed by atoms with Gasteiger partial charge in [-0.15, -0.1) is 0 Å². The minimum absolute atomic E-state index is 0.0654. The lowest BCUT2D eigenvalue weighted by molar-refractivity contribution is 0.279. The summed E-state index contributed by atoms with van der Waals surface area (Å²) in [4.78, 5) is 4.10. The van der Waals surface area contributed by atoms with Gasteiger partial charge in [-0.05, 0) is 35.9 Å². The average Bonchev–Trinajstić information content (AvgIpc) is 2.74. The number of halogens is 3. The highest BCUT2D eigenvalue weighted by atomic mass is 35.5. The Balaban J connectivity index is 1.57. The Kier molecular flexibility index (Phi) is 8.13. The molecule has 2 aromatic carbocycles. The van der Waals surface area contributed by atoms with E-state index in [9.17, 15) is 4.39 Å². The molecule has 0 unspecified atom stereocenters. The molecule has 0 bridgehead atoms. The van der Waals surface area contributed by atoms with E-state index < -0.39 is 5.82 Å². The molecule has 8 heteroatoms. The van der Waals surface area contributed by atoms with Gasteiger partial charge in [0.1, 0.15) is 19.0 Å². The van der Waals surface area contributed by atoms with Gasteiger partial charge >= 0.3 is 0 Å². The van der Waals surface area contributed by atoms with Crippen molar-refractivity contribution in [1.82, 2.24) is 10.3 Å². The first-order valence-corrected chi connectivity index (χ1v) is 10.0. The predicted octanol–water partition coefficient (Wildman–Crippen LogP) is 5.28. The summed E-state index contributed by atoms with van der Waals surface area (Å²) in [5.74, 6) is 0.934. The Morgan fingerprint density at radius 1 is 1.03 bits per heavy atom. The second kappa shape index (κ2) is 11.0. The number of nitrogens with zero attached hydrogens (tertiary/aromatic N) is 1. The summed E-state index contributed by atoms with van der Waals surface area (Å²) >= 11 is 12.4. The van der Waals surface area contributed by atoms with Crippen molar-refractivity contribution in [2.75, 3.05) is 20.3 Å². The zero-order chi connectivity index (χ0) is 21.3. The molecular formula is C22H21Cl2FN2O3. The molecule has 1 aromatic heterocycles. The summed E-state index contributed by atoms with van der Waals surface area (Å²) < 4.78 is 30.6. The summed E-state index contributed by atoms with van der Waals surface area (Å²) in [5, 5.41) is 3.92. The van der Waals surface area contributed by atoms with E-state index in [1.165, 1.54) is 19.2 Å². The van der Waals surface area contributed by atoms with Crippen molar-refractivity contribution in [3.8, 4) is 17.4 Å². The van der Waals surface area contributed by atoms with E-state index in [0.29, 0.717) is 47.1 Å². The van der Waals surface area contributed by atoms with Crippen molar-refractivity contribution in [1.29, 1.82) is 0 Å². The van der Waals surface area contributed by atoms with Gasteiger partial charge in [0.05, 0.1) is 17.2 Å². The zero-order valence-corrected chi connectivity index (χ0v) is 17.8. The number of nitrogens with one attached hydrogen (secondary N) is 1. The number of rotatable bonds is 10. The molecule has 0 spiro atoms. The predicted molar refractivity (Wildman–Crippen MR) is 115 cm³/mol. The SMILES string of the molecule is COc1cc(CNCCOc2ccccn2)cc(Cl)c1OCc1c(F)cccc1Cl. The topological polar surface area (TPSA) is 52.6 Å². The van der Waals surface area contributed by atoms with E-state index in [1.807, 2.05) is 18.2 Å². The molecule has 3 rings (SSSR count). The number of methoxy groups -OCH3 is 1. The highest BCUT2D eigenvalue weighted by Crippen LogP contribution is 2.37. The molecule has 1 heterocycles. The first-order valence-electron chi connectivity index (χ1n) is 9.25. The minimum Gasteiger partial charge on any atom is -0.493 e. The molecule has 0 aliphatic carbocycles. The van der Waals surface area contributed by atoms with E-state index in [2.05, 4.69) is 10.3 Å². The van der Waals surface area contributed by atoms with Crippen molar-refractivity contribution >= 4 is 23.2 Å². The van der Waals surface area contributed by atoms with E-state index in [-0.39, 0.29) is 12.2 Å². The molecule has 0 atom stereocenters. The fourth-order valence-corrected chi connectivity index (χ4v) is 3.23. The Bertz CT molecular complexity index is 954. The molecule has 3 aromatic rings. The molecule has 0 aliphatic rings. The summed E-state index contributed by atoms with van der Waals surface area (Å²) in [6.45, 7) is 1.60. The number of hydrogen-bond acceptors (Lipinski definition) is 5. The maximum absolute atomic E-state index is 14.0. The van der Waals surface area contributed by atoms with Crippen LogP contribution in [0.3, 0.4) is 0 Å². The van der Waals surface area contributed by atoms with Gasteiger partial charge in [0, 0.05) is 30.9 Å². The smallest absolute Gasteiger partial charge is 0.213 e. The van der Waals surface area contributed by atoms with Crippen LogP contribution < -0.4 is 19.5 Å². The number of aromatic nitrogens is 1. The van der Waals surface area contributed by atoms with Crippen molar-refractivity contribution in [3.63, 3.8) is 0 Å².